The number of benzene rings is 2. The SMILES string of the molecule is N#CCCN(C(=O)COC(=O)c1cccc(N2CCCS2(=O)=O)c1)c1cccc(Cl)c1. The Labute approximate surface area is 185 Å². The number of carbonyl (C=O) groups is 2. The number of ether oxygens (including phenoxy) is 1. The van der Waals surface area contributed by atoms with E-state index in [1.165, 1.54) is 21.3 Å². The summed E-state index contributed by atoms with van der Waals surface area (Å²) < 4.78 is 30.6. The molecule has 2 aromatic carbocycles. The Hall–Kier alpha value is -3.09. The predicted molar refractivity (Wildman–Crippen MR) is 117 cm³/mol. The van der Waals surface area contributed by atoms with Gasteiger partial charge in [-0.05, 0) is 42.8 Å². The third-order valence-corrected chi connectivity index (χ3v) is 6.77. The number of rotatable bonds is 7. The van der Waals surface area contributed by atoms with Gasteiger partial charge in [0.25, 0.3) is 5.91 Å². The van der Waals surface area contributed by atoms with Crippen molar-refractivity contribution in [2.45, 2.75) is 12.8 Å². The molecule has 1 amide bonds. The predicted octanol–water partition coefficient (Wildman–Crippen LogP) is 2.98. The van der Waals surface area contributed by atoms with Crippen molar-refractivity contribution in [2.24, 2.45) is 0 Å². The molecule has 1 fully saturated rings. The van der Waals surface area contributed by atoms with Gasteiger partial charge in [0.2, 0.25) is 10.0 Å². The van der Waals surface area contributed by atoms with E-state index in [1.54, 1.807) is 36.4 Å². The highest BCUT2D eigenvalue weighted by Crippen LogP contribution is 2.25. The monoisotopic (exact) mass is 461 g/mol. The Bertz CT molecular complexity index is 1130. The molecule has 1 aliphatic heterocycles. The molecule has 1 saturated heterocycles. The Morgan fingerprint density at radius 1 is 1.19 bits per heavy atom. The van der Waals surface area contributed by atoms with E-state index in [0.29, 0.717) is 29.4 Å². The van der Waals surface area contributed by atoms with Gasteiger partial charge in [0.1, 0.15) is 0 Å². The van der Waals surface area contributed by atoms with Gasteiger partial charge in [-0.15, -0.1) is 0 Å². The number of nitrogens with zero attached hydrogens (tertiary/aromatic N) is 3. The molecule has 3 rings (SSSR count). The van der Waals surface area contributed by atoms with Crippen molar-refractivity contribution in [2.75, 3.05) is 34.7 Å². The zero-order valence-corrected chi connectivity index (χ0v) is 18.1. The number of nitriles is 1. The number of halogens is 1. The highest BCUT2D eigenvalue weighted by molar-refractivity contribution is 7.93. The van der Waals surface area contributed by atoms with Gasteiger partial charge < -0.3 is 9.64 Å². The summed E-state index contributed by atoms with van der Waals surface area (Å²) in [6.07, 6.45) is 0.617. The molecule has 1 aliphatic rings. The number of carbonyl (C=O) groups excluding carboxylic acids is 2. The topological polar surface area (TPSA) is 108 Å². The first-order valence-electron chi connectivity index (χ1n) is 9.52. The maximum atomic E-state index is 12.7. The van der Waals surface area contributed by atoms with Crippen molar-refractivity contribution >= 4 is 44.9 Å². The van der Waals surface area contributed by atoms with Crippen molar-refractivity contribution in [3.8, 4) is 6.07 Å². The summed E-state index contributed by atoms with van der Waals surface area (Å²) in [6, 6.07) is 14.7. The second kappa shape index (κ2) is 9.81. The highest BCUT2D eigenvalue weighted by Gasteiger charge is 2.29. The Kier molecular flexibility index (Phi) is 7.15. The van der Waals surface area contributed by atoms with Gasteiger partial charge in [-0.25, -0.2) is 13.2 Å². The number of esters is 1. The van der Waals surface area contributed by atoms with Crippen LogP contribution in [0.4, 0.5) is 11.4 Å². The third kappa shape index (κ3) is 5.54. The van der Waals surface area contributed by atoms with Gasteiger partial charge in [-0.2, -0.15) is 5.26 Å². The molecular weight excluding hydrogens is 442 g/mol. The lowest BCUT2D eigenvalue weighted by atomic mass is 10.2. The maximum absolute atomic E-state index is 12.7. The third-order valence-electron chi connectivity index (χ3n) is 4.66. The Morgan fingerprint density at radius 2 is 1.97 bits per heavy atom. The molecule has 2 aromatic rings. The van der Waals surface area contributed by atoms with Gasteiger partial charge in [0.05, 0.1) is 29.5 Å². The molecule has 1 heterocycles. The molecule has 0 bridgehead atoms. The molecular formula is C21H20ClN3O5S. The van der Waals surface area contributed by atoms with E-state index in [4.69, 9.17) is 21.6 Å². The second-order valence-electron chi connectivity index (χ2n) is 6.80. The van der Waals surface area contributed by atoms with E-state index in [2.05, 4.69) is 0 Å². The van der Waals surface area contributed by atoms with Crippen LogP contribution in [-0.4, -0.2) is 45.7 Å². The molecule has 0 aliphatic carbocycles. The summed E-state index contributed by atoms with van der Waals surface area (Å²) in [6.45, 7) is -0.0641. The summed E-state index contributed by atoms with van der Waals surface area (Å²) in [5.74, 6) is -1.19. The lowest BCUT2D eigenvalue weighted by Crippen LogP contribution is -2.35. The van der Waals surface area contributed by atoms with Crippen molar-refractivity contribution in [3.63, 3.8) is 0 Å². The van der Waals surface area contributed by atoms with Gasteiger partial charge in [-0.1, -0.05) is 23.7 Å². The number of anilines is 2. The fourth-order valence-electron chi connectivity index (χ4n) is 3.21. The molecule has 0 atom stereocenters. The van der Waals surface area contributed by atoms with E-state index in [1.807, 2.05) is 6.07 Å². The van der Waals surface area contributed by atoms with E-state index in [0.717, 1.165) is 0 Å². The zero-order chi connectivity index (χ0) is 22.4. The van der Waals surface area contributed by atoms with Gasteiger partial charge >= 0.3 is 5.97 Å². The van der Waals surface area contributed by atoms with Crippen LogP contribution in [0, 0.1) is 11.3 Å². The second-order valence-corrected chi connectivity index (χ2v) is 9.25. The van der Waals surface area contributed by atoms with Crippen LogP contribution in [0.5, 0.6) is 0 Å². The maximum Gasteiger partial charge on any atom is 0.338 e. The minimum absolute atomic E-state index is 0.0677. The molecule has 0 saturated carbocycles. The lowest BCUT2D eigenvalue weighted by Gasteiger charge is -2.22. The summed E-state index contributed by atoms with van der Waals surface area (Å²) in [7, 11) is -3.38. The first-order valence-corrected chi connectivity index (χ1v) is 11.5. The summed E-state index contributed by atoms with van der Waals surface area (Å²) >= 11 is 5.99. The number of hydrogen-bond donors (Lipinski definition) is 0. The molecule has 8 nitrogen and oxygen atoms in total. The fraction of sp³-hybridized carbons (Fsp3) is 0.286. The van der Waals surface area contributed by atoms with E-state index < -0.39 is 28.5 Å². The van der Waals surface area contributed by atoms with Gasteiger partial charge in [0.15, 0.2) is 6.61 Å². The summed E-state index contributed by atoms with van der Waals surface area (Å²) in [5.41, 5.74) is 1.01. The minimum atomic E-state index is -3.38. The van der Waals surface area contributed by atoms with Crippen LogP contribution in [0.15, 0.2) is 48.5 Å². The molecule has 0 radical (unpaired) electrons. The van der Waals surface area contributed by atoms with Crippen LogP contribution < -0.4 is 9.21 Å². The normalized spacial score (nSPS) is 14.6. The quantitative estimate of drug-likeness (QED) is 0.586. The van der Waals surface area contributed by atoms with Gasteiger partial charge in [0, 0.05) is 23.8 Å². The van der Waals surface area contributed by atoms with E-state index in [-0.39, 0.29) is 24.3 Å². The average molecular weight is 462 g/mol. The highest BCUT2D eigenvalue weighted by atomic mass is 35.5. The first kappa shape index (κ1) is 22.6. The van der Waals surface area contributed by atoms with Crippen molar-refractivity contribution in [1.82, 2.24) is 0 Å². The van der Waals surface area contributed by atoms with Crippen LogP contribution in [0.3, 0.4) is 0 Å². The Morgan fingerprint density at radius 3 is 2.65 bits per heavy atom. The molecule has 0 aromatic heterocycles. The zero-order valence-electron chi connectivity index (χ0n) is 16.5. The molecule has 0 spiro atoms. The van der Waals surface area contributed by atoms with Crippen LogP contribution in [0.2, 0.25) is 5.02 Å². The lowest BCUT2D eigenvalue weighted by molar-refractivity contribution is -0.121. The van der Waals surface area contributed by atoms with Crippen LogP contribution in [-0.2, 0) is 19.6 Å². The first-order chi connectivity index (χ1) is 14.8. The summed E-state index contributed by atoms with van der Waals surface area (Å²) in [4.78, 5) is 26.5. The van der Waals surface area contributed by atoms with Crippen LogP contribution >= 0.6 is 11.6 Å². The van der Waals surface area contributed by atoms with Crippen molar-refractivity contribution in [3.05, 3.63) is 59.1 Å². The average Bonchev–Trinajstić information content (AvgIpc) is 3.11. The molecule has 0 unspecified atom stereocenters. The standard InChI is InChI=1S/C21H20ClN3O5S/c22-17-6-2-7-18(14-17)24(10-3-9-23)20(26)15-30-21(27)16-5-1-8-19(13-16)25-11-4-12-31(25,28)29/h1-2,5-8,13-14H,3-4,10-12,15H2. The smallest absolute Gasteiger partial charge is 0.338 e. The largest absolute Gasteiger partial charge is 0.452 e. The van der Waals surface area contributed by atoms with Crippen molar-refractivity contribution < 1.29 is 22.7 Å². The number of hydrogen-bond acceptors (Lipinski definition) is 6. The van der Waals surface area contributed by atoms with Crippen LogP contribution in [0.1, 0.15) is 23.2 Å². The molecule has 162 valence electrons. The van der Waals surface area contributed by atoms with Crippen LogP contribution in [0.25, 0.3) is 0 Å². The Balaban J connectivity index is 1.69. The minimum Gasteiger partial charge on any atom is -0.452 e. The summed E-state index contributed by atoms with van der Waals surface area (Å²) in [5, 5.41) is 9.30. The molecule has 0 N–H and O–H groups in total. The molecule has 10 heteroatoms. The van der Waals surface area contributed by atoms with E-state index in [9.17, 15) is 18.0 Å². The number of amides is 1. The fourth-order valence-corrected chi connectivity index (χ4v) is 4.95. The van der Waals surface area contributed by atoms with E-state index >= 15 is 0 Å². The molecule has 31 heavy (non-hydrogen) atoms. The number of sulfonamides is 1. The van der Waals surface area contributed by atoms with Crippen molar-refractivity contribution in [1.29, 1.82) is 5.26 Å². The van der Waals surface area contributed by atoms with Gasteiger partial charge in [-0.3, -0.25) is 9.10 Å².